The Labute approximate surface area is 90.0 Å². The van der Waals surface area contributed by atoms with Crippen molar-refractivity contribution in [1.82, 2.24) is 0 Å². The molecule has 0 atom stereocenters. The summed E-state index contributed by atoms with van der Waals surface area (Å²) >= 11 is 5.85. The van der Waals surface area contributed by atoms with Crippen LogP contribution in [-0.4, -0.2) is 6.61 Å². The van der Waals surface area contributed by atoms with Gasteiger partial charge >= 0.3 is 0 Å². The van der Waals surface area contributed by atoms with Crippen molar-refractivity contribution in [2.75, 3.05) is 6.61 Å². The molecule has 0 bridgehead atoms. The minimum Gasteiger partial charge on any atom is -0.493 e. The Bertz CT molecular complexity index is 318. The normalized spacial score (nSPS) is 15.6. The van der Waals surface area contributed by atoms with Gasteiger partial charge in [0.05, 0.1) is 12.5 Å². The van der Waals surface area contributed by atoms with E-state index in [-0.39, 0.29) is 0 Å². The first-order valence-electron chi connectivity index (χ1n) is 5.08. The van der Waals surface area contributed by atoms with Crippen molar-refractivity contribution < 1.29 is 4.74 Å². The molecule has 0 saturated heterocycles. The Morgan fingerprint density at radius 3 is 2.86 bits per heavy atom. The minimum atomic E-state index is 0.529. The van der Waals surface area contributed by atoms with E-state index in [1.54, 1.807) is 0 Å². The van der Waals surface area contributed by atoms with E-state index < -0.39 is 0 Å². The average Bonchev–Trinajstić information content (AvgIpc) is 2.99. The van der Waals surface area contributed by atoms with Crippen LogP contribution in [0.15, 0.2) is 18.2 Å². The third-order valence-corrected chi connectivity index (χ3v) is 2.89. The number of hydrogen-bond acceptors (Lipinski definition) is 1. The highest BCUT2D eigenvalue weighted by molar-refractivity contribution is 6.17. The van der Waals surface area contributed by atoms with Gasteiger partial charge < -0.3 is 4.74 Å². The first kappa shape index (κ1) is 9.85. The van der Waals surface area contributed by atoms with Gasteiger partial charge in [-0.25, -0.2) is 0 Å². The Hall–Kier alpha value is -0.690. The van der Waals surface area contributed by atoms with Crippen molar-refractivity contribution in [3.8, 4) is 5.75 Å². The number of aryl methyl sites for hydroxylation is 1. The topological polar surface area (TPSA) is 9.23 Å². The second-order valence-electron chi connectivity index (χ2n) is 3.95. The first-order chi connectivity index (χ1) is 6.81. The van der Waals surface area contributed by atoms with E-state index in [2.05, 4.69) is 13.0 Å². The van der Waals surface area contributed by atoms with Crippen molar-refractivity contribution in [3.63, 3.8) is 0 Å². The maximum absolute atomic E-state index is 5.85. The monoisotopic (exact) mass is 210 g/mol. The van der Waals surface area contributed by atoms with Crippen molar-refractivity contribution in [3.05, 3.63) is 29.3 Å². The number of hydrogen-bond donors (Lipinski definition) is 0. The number of alkyl halides is 1. The third-order valence-electron chi connectivity index (χ3n) is 2.60. The number of para-hydroxylation sites is 1. The van der Waals surface area contributed by atoms with E-state index >= 15 is 0 Å². The fraction of sp³-hybridized carbons (Fsp3) is 0.500. The van der Waals surface area contributed by atoms with Gasteiger partial charge in [0.25, 0.3) is 0 Å². The largest absolute Gasteiger partial charge is 0.493 e. The Kier molecular flexibility index (Phi) is 2.97. The molecule has 1 aliphatic rings. The van der Waals surface area contributed by atoms with Gasteiger partial charge in [0.1, 0.15) is 5.75 Å². The van der Waals surface area contributed by atoms with E-state index in [4.69, 9.17) is 16.3 Å². The standard InChI is InChI=1S/C12H15ClO/c1-9-3-2-4-11(7-13)12(9)14-8-10-5-6-10/h2-4,10H,5-8H2,1H3. The highest BCUT2D eigenvalue weighted by Gasteiger charge is 2.22. The molecule has 0 heterocycles. The van der Waals surface area contributed by atoms with Gasteiger partial charge in [0.2, 0.25) is 0 Å². The van der Waals surface area contributed by atoms with Gasteiger partial charge in [-0.05, 0) is 31.2 Å². The zero-order valence-corrected chi connectivity index (χ0v) is 9.18. The summed E-state index contributed by atoms with van der Waals surface area (Å²) in [6.07, 6.45) is 2.64. The molecule has 1 saturated carbocycles. The summed E-state index contributed by atoms with van der Waals surface area (Å²) in [5, 5.41) is 0. The fourth-order valence-electron chi connectivity index (χ4n) is 1.51. The molecule has 76 valence electrons. The van der Waals surface area contributed by atoms with Crippen LogP contribution >= 0.6 is 11.6 Å². The Morgan fingerprint density at radius 2 is 2.21 bits per heavy atom. The molecule has 0 radical (unpaired) electrons. The van der Waals surface area contributed by atoms with Crippen LogP contribution in [0, 0.1) is 12.8 Å². The Balaban J connectivity index is 2.11. The van der Waals surface area contributed by atoms with Crippen LogP contribution in [0.2, 0.25) is 0 Å². The van der Waals surface area contributed by atoms with Gasteiger partial charge in [0, 0.05) is 5.56 Å². The molecular formula is C12H15ClO. The van der Waals surface area contributed by atoms with Gasteiger partial charge in [-0.15, -0.1) is 11.6 Å². The predicted molar refractivity (Wildman–Crippen MR) is 59.0 cm³/mol. The third kappa shape index (κ3) is 2.21. The number of rotatable bonds is 4. The molecule has 1 aromatic rings. The van der Waals surface area contributed by atoms with Crippen molar-refractivity contribution >= 4 is 11.6 Å². The molecule has 0 aromatic heterocycles. The summed E-state index contributed by atoms with van der Waals surface area (Å²) in [6, 6.07) is 6.12. The average molecular weight is 211 g/mol. The molecule has 0 aliphatic heterocycles. The predicted octanol–water partition coefficient (Wildman–Crippen LogP) is 3.52. The smallest absolute Gasteiger partial charge is 0.126 e. The summed E-state index contributed by atoms with van der Waals surface area (Å²) in [4.78, 5) is 0. The molecule has 1 nitrogen and oxygen atoms in total. The SMILES string of the molecule is Cc1cccc(CCl)c1OCC1CC1. The minimum absolute atomic E-state index is 0.529. The summed E-state index contributed by atoms with van der Waals surface area (Å²) in [5.41, 5.74) is 2.29. The maximum Gasteiger partial charge on any atom is 0.126 e. The van der Waals surface area contributed by atoms with Gasteiger partial charge in [0.15, 0.2) is 0 Å². The molecule has 14 heavy (non-hydrogen) atoms. The molecule has 0 spiro atoms. The van der Waals surface area contributed by atoms with Crippen LogP contribution in [0.1, 0.15) is 24.0 Å². The number of ether oxygens (including phenoxy) is 1. The molecule has 2 heteroatoms. The fourth-order valence-corrected chi connectivity index (χ4v) is 1.72. The van der Waals surface area contributed by atoms with Crippen LogP contribution in [0.25, 0.3) is 0 Å². The number of halogens is 1. The van der Waals surface area contributed by atoms with E-state index in [1.165, 1.54) is 18.4 Å². The summed E-state index contributed by atoms with van der Waals surface area (Å²) in [6.45, 7) is 2.92. The summed E-state index contributed by atoms with van der Waals surface area (Å²) in [5.74, 6) is 2.31. The summed E-state index contributed by atoms with van der Waals surface area (Å²) in [7, 11) is 0. The first-order valence-corrected chi connectivity index (χ1v) is 5.62. The lowest BCUT2D eigenvalue weighted by molar-refractivity contribution is 0.295. The zero-order chi connectivity index (χ0) is 9.97. The van der Waals surface area contributed by atoms with Crippen LogP contribution in [-0.2, 0) is 5.88 Å². The highest BCUT2D eigenvalue weighted by Crippen LogP contribution is 2.31. The van der Waals surface area contributed by atoms with Crippen molar-refractivity contribution in [2.24, 2.45) is 5.92 Å². The van der Waals surface area contributed by atoms with Crippen LogP contribution in [0.4, 0.5) is 0 Å². The van der Waals surface area contributed by atoms with E-state index in [0.717, 1.165) is 23.8 Å². The molecule has 2 rings (SSSR count). The van der Waals surface area contributed by atoms with Gasteiger partial charge in [-0.2, -0.15) is 0 Å². The van der Waals surface area contributed by atoms with Crippen molar-refractivity contribution in [1.29, 1.82) is 0 Å². The van der Waals surface area contributed by atoms with Crippen molar-refractivity contribution in [2.45, 2.75) is 25.6 Å². The lowest BCUT2D eigenvalue weighted by atomic mass is 10.1. The van der Waals surface area contributed by atoms with Crippen LogP contribution in [0.5, 0.6) is 5.75 Å². The highest BCUT2D eigenvalue weighted by atomic mass is 35.5. The van der Waals surface area contributed by atoms with E-state index in [9.17, 15) is 0 Å². The lowest BCUT2D eigenvalue weighted by Gasteiger charge is -2.12. The molecule has 0 amide bonds. The molecule has 1 fully saturated rings. The molecule has 1 aromatic carbocycles. The van der Waals surface area contributed by atoms with Gasteiger partial charge in [-0.1, -0.05) is 18.2 Å². The van der Waals surface area contributed by atoms with Crippen LogP contribution < -0.4 is 4.74 Å². The molecular weight excluding hydrogens is 196 g/mol. The Morgan fingerprint density at radius 1 is 1.43 bits per heavy atom. The lowest BCUT2D eigenvalue weighted by Crippen LogP contribution is -2.02. The van der Waals surface area contributed by atoms with E-state index in [1.807, 2.05) is 12.1 Å². The zero-order valence-electron chi connectivity index (χ0n) is 8.42. The second kappa shape index (κ2) is 4.22. The summed E-state index contributed by atoms with van der Waals surface area (Å²) < 4.78 is 5.80. The molecule has 1 aliphatic carbocycles. The van der Waals surface area contributed by atoms with E-state index in [0.29, 0.717) is 5.88 Å². The maximum atomic E-state index is 5.85. The second-order valence-corrected chi connectivity index (χ2v) is 4.22. The van der Waals surface area contributed by atoms with Gasteiger partial charge in [-0.3, -0.25) is 0 Å². The quantitative estimate of drug-likeness (QED) is 0.691. The van der Waals surface area contributed by atoms with Crippen LogP contribution in [0.3, 0.4) is 0 Å². The number of benzene rings is 1. The molecule has 0 N–H and O–H groups in total. The molecule has 0 unspecified atom stereocenters.